The summed E-state index contributed by atoms with van der Waals surface area (Å²) in [4.78, 5) is 15.2. The van der Waals surface area contributed by atoms with Gasteiger partial charge in [0.2, 0.25) is 15.9 Å². The smallest absolute Gasteiger partial charge is 0.243 e. The van der Waals surface area contributed by atoms with E-state index in [1.807, 2.05) is 48.5 Å². The highest BCUT2D eigenvalue weighted by atomic mass is 32.2. The van der Waals surface area contributed by atoms with Gasteiger partial charge in [-0.3, -0.25) is 4.79 Å². The maximum Gasteiger partial charge on any atom is 0.243 e. The van der Waals surface area contributed by atoms with Gasteiger partial charge >= 0.3 is 0 Å². The predicted molar refractivity (Wildman–Crippen MR) is 139 cm³/mol. The SMILES string of the molecule is O=C(CNc1cc(S(=O)(=O)N2CCOCC2)ccc1N1CCCC1)Nc1ccc2ccccc2c1. The van der Waals surface area contributed by atoms with Gasteiger partial charge in [-0.25, -0.2) is 8.42 Å². The average Bonchev–Trinajstić information content (AvgIpc) is 3.43. The van der Waals surface area contributed by atoms with Crippen molar-refractivity contribution in [2.75, 3.05) is 61.5 Å². The lowest BCUT2D eigenvalue weighted by Gasteiger charge is -2.27. The highest BCUT2D eigenvalue weighted by Gasteiger charge is 2.28. The molecule has 2 N–H and O–H groups in total. The Morgan fingerprint density at radius 1 is 0.886 bits per heavy atom. The number of rotatable bonds is 7. The predicted octanol–water partition coefficient (Wildman–Crippen LogP) is 3.51. The van der Waals surface area contributed by atoms with Gasteiger partial charge in [-0.05, 0) is 53.9 Å². The van der Waals surface area contributed by atoms with Crippen molar-refractivity contribution in [1.82, 2.24) is 4.31 Å². The minimum atomic E-state index is -3.64. The van der Waals surface area contributed by atoms with Gasteiger partial charge in [-0.1, -0.05) is 30.3 Å². The highest BCUT2D eigenvalue weighted by molar-refractivity contribution is 7.89. The molecule has 0 aliphatic carbocycles. The molecule has 8 nitrogen and oxygen atoms in total. The molecule has 0 radical (unpaired) electrons. The number of hydrogen-bond donors (Lipinski definition) is 2. The Bertz CT molecular complexity index is 1320. The topological polar surface area (TPSA) is 91.0 Å². The number of anilines is 3. The van der Waals surface area contributed by atoms with Crippen LogP contribution in [0.15, 0.2) is 65.6 Å². The van der Waals surface area contributed by atoms with Crippen LogP contribution in [-0.4, -0.2) is 64.6 Å². The Labute approximate surface area is 205 Å². The van der Waals surface area contributed by atoms with E-state index in [1.165, 1.54) is 4.31 Å². The van der Waals surface area contributed by atoms with Crippen LogP contribution in [0.1, 0.15) is 12.8 Å². The molecule has 0 unspecified atom stereocenters. The number of morpholine rings is 1. The van der Waals surface area contributed by atoms with E-state index in [1.54, 1.807) is 12.1 Å². The third-order valence-electron chi connectivity index (χ3n) is 6.50. The lowest BCUT2D eigenvalue weighted by Crippen LogP contribution is -2.40. The normalized spacial score (nSPS) is 17.0. The van der Waals surface area contributed by atoms with Crippen LogP contribution in [0.25, 0.3) is 10.8 Å². The molecular weight excluding hydrogens is 464 g/mol. The number of nitrogens with one attached hydrogen (secondary N) is 2. The van der Waals surface area contributed by atoms with Gasteiger partial charge in [0.25, 0.3) is 0 Å². The van der Waals surface area contributed by atoms with Crippen LogP contribution in [0.5, 0.6) is 0 Å². The summed E-state index contributed by atoms with van der Waals surface area (Å²) in [6.07, 6.45) is 2.19. The van der Waals surface area contributed by atoms with Crippen molar-refractivity contribution in [3.05, 3.63) is 60.7 Å². The van der Waals surface area contributed by atoms with Gasteiger partial charge in [0.05, 0.1) is 36.0 Å². The Kier molecular flexibility index (Phi) is 6.90. The molecule has 1 amide bonds. The summed E-state index contributed by atoms with van der Waals surface area (Å²) in [5.74, 6) is -0.200. The van der Waals surface area contributed by atoms with E-state index in [0.717, 1.165) is 48.1 Å². The van der Waals surface area contributed by atoms with Gasteiger partial charge in [-0.15, -0.1) is 0 Å². The third kappa shape index (κ3) is 5.27. The number of nitrogens with zero attached hydrogens (tertiary/aromatic N) is 2. The van der Waals surface area contributed by atoms with Crippen molar-refractivity contribution < 1.29 is 17.9 Å². The fourth-order valence-electron chi connectivity index (χ4n) is 4.63. The number of amides is 1. The zero-order valence-corrected chi connectivity index (χ0v) is 20.4. The number of hydrogen-bond acceptors (Lipinski definition) is 6. The van der Waals surface area contributed by atoms with Crippen molar-refractivity contribution in [2.24, 2.45) is 0 Å². The molecule has 35 heavy (non-hydrogen) atoms. The largest absolute Gasteiger partial charge is 0.379 e. The number of ether oxygens (including phenoxy) is 1. The van der Waals surface area contributed by atoms with E-state index in [0.29, 0.717) is 32.0 Å². The second-order valence-electron chi connectivity index (χ2n) is 8.85. The maximum atomic E-state index is 13.2. The molecule has 2 aliphatic heterocycles. The first-order valence-corrected chi connectivity index (χ1v) is 13.4. The zero-order valence-electron chi connectivity index (χ0n) is 19.6. The minimum absolute atomic E-state index is 0.0225. The van der Waals surface area contributed by atoms with E-state index in [9.17, 15) is 13.2 Å². The van der Waals surface area contributed by atoms with Crippen molar-refractivity contribution in [2.45, 2.75) is 17.7 Å². The number of benzene rings is 3. The summed E-state index contributed by atoms with van der Waals surface area (Å²) in [5, 5.41) is 8.30. The first kappa shape index (κ1) is 23.6. The van der Waals surface area contributed by atoms with E-state index < -0.39 is 10.0 Å². The van der Waals surface area contributed by atoms with Crippen LogP contribution in [0, 0.1) is 0 Å². The van der Waals surface area contributed by atoms with Gasteiger partial charge < -0.3 is 20.3 Å². The molecule has 3 aromatic rings. The van der Waals surface area contributed by atoms with Gasteiger partial charge in [-0.2, -0.15) is 4.31 Å². The molecule has 5 rings (SSSR count). The summed E-state index contributed by atoms with van der Waals surface area (Å²) in [5.41, 5.74) is 2.29. The lowest BCUT2D eigenvalue weighted by atomic mass is 10.1. The summed E-state index contributed by atoms with van der Waals surface area (Å²) in [6.45, 7) is 3.31. The summed E-state index contributed by atoms with van der Waals surface area (Å²) >= 11 is 0. The molecule has 0 atom stereocenters. The molecule has 3 aromatic carbocycles. The molecule has 0 saturated carbocycles. The molecule has 184 valence electrons. The van der Waals surface area contributed by atoms with Crippen LogP contribution in [0.2, 0.25) is 0 Å². The van der Waals surface area contributed by atoms with E-state index >= 15 is 0 Å². The Hall–Kier alpha value is -3.14. The fraction of sp³-hybridized carbons (Fsp3) is 0.346. The summed E-state index contributed by atoms with van der Waals surface area (Å²) in [6, 6.07) is 19.0. The van der Waals surface area contributed by atoms with Crippen LogP contribution < -0.4 is 15.5 Å². The summed E-state index contributed by atoms with van der Waals surface area (Å²) < 4.78 is 33.2. The molecule has 0 spiro atoms. The molecule has 0 bridgehead atoms. The van der Waals surface area contributed by atoms with Gasteiger partial charge in [0, 0.05) is 31.9 Å². The van der Waals surface area contributed by atoms with E-state index in [2.05, 4.69) is 15.5 Å². The molecule has 0 aromatic heterocycles. The Morgan fingerprint density at radius 3 is 2.40 bits per heavy atom. The van der Waals surface area contributed by atoms with Gasteiger partial charge in [0.1, 0.15) is 0 Å². The van der Waals surface area contributed by atoms with Gasteiger partial charge in [0.15, 0.2) is 0 Å². The highest BCUT2D eigenvalue weighted by Crippen LogP contribution is 2.32. The quantitative estimate of drug-likeness (QED) is 0.522. The second-order valence-corrected chi connectivity index (χ2v) is 10.8. The van der Waals surface area contributed by atoms with E-state index in [-0.39, 0.29) is 17.3 Å². The Morgan fingerprint density at radius 2 is 1.63 bits per heavy atom. The van der Waals surface area contributed by atoms with Crippen molar-refractivity contribution in [1.29, 1.82) is 0 Å². The Balaban J connectivity index is 1.34. The third-order valence-corrected chi connectivity index (χ3v) is 8.39. The zero-order chi connectivity index (χ0) is 24.3. The first-order chi connectivity index (χ1) is 17.0. The van der Waals surface area contributed by atoms with E-state index in [4.69, 9.17) is 4.74 Å². The molecule has 2 aliphatic rings. The number of carbonyl (C=O) groups excluding carboxylic acids is 1. The van der Waals surface area contributed by atoms with Crippen molar-refractivity contribution in [3.63, 3.8) is 0 Å². The molecule has 2 heterocycles. The number of fused-ring (bicyclic) bond motifs is 1. The van der Waals surface area contributed by atoms with Crippen LogP contribution in [-0.2, 0) is 19.6 Å². The molecule has 9 heteroatoms. The monoisotopic (exact) mass is 494 g/mol. The standard InChI is InChI=1S/C26H30N4O4S/c31-26(28-22-8-7-20-5-1-2-6-21(20)17-22)19-27-24-18-23(9-10-25(24)29-11-3-4-12-29)35(32,33)30-13-15-34-16-14-30/h1-2,5-10,17-18,27H,3-4,11-16,19H2,(H,28,31). The maximum absolute atomic E-state index is 13.2. The van der Waals surface area contributed by atoms with Crippen LogP contribution in [0.4, 0.5) is 17.1 Å². The van der Waals surface area contributed by atoms with Crippen molar-refractivity contribution >= 4 is 43.8 Å². The first-order valence-electron chi connectivity index (χ1n) is 12.0. The van der Waals surface area contributed by atoms with Crippen LogP contribution in [0.3, 0.4) is 0 Å². The molecule has 2 saturated heterocycles. The lowest BCUT2D eigenvalue weighted by molar-refractivity contribution is -0.114. The van der Waals surface area contributed by atoms with Crippen molar-refractivity contribution in [3.8, 4) is 0 Å². The molecule has 2 fully saturated rings. The minimum Gasteiger partial charge on any atom is -0.379 e. The number of sulfonamides is 1. The summed E-state index contributed by atoms with van der Waals surface area (Å²) in [7, 11) is -3.64. The fourth-order valence-corrected chi connectivity index (χ4v) is 6.07. The number of carbonyl (C=O) groups is 1. The van der Waals surface area contributed by atoms with Crippen LogP contribution >= 0.6 is 0 Å². The second kappa shape index (κ2) is 10.2. The average molecular weight is 495 g/mol. The molecular formula is C26H30N4O4S.